The Bertz CT molecular complexity index is 6170. The minimum Gasteiger partial charge on any atom is -0.388 e. The summed E-state index contributed by atoms with van der Waals surface area (Å²) < 4.78 is 36.4. The first-order chi connectivity index (χ1) is 68.8. The quantitative estimate of drug-likeness (QED) is 0.0177. The molecule has 0 spiro atoms. The third-order valence-corrected chi connectivity index (χ3v) is 31.1. The number of likely N-dealkylation sites (N-methyl/N-ethyl adjacent to an activating group) is 1. The molecule has 5 saturated heterocycles. The fraction of sp³-hybridized carbons (Fsp3) is 0.553. The van der Waals surface area contributed by atoms with Gasteiger partial charge < -0.3 is 65.5 Å². The van der Waals surface area contributed by atoms with E-state index in [4.69, 9.17) is 78.3 Å². The largest absolute Gasteiger partial charge is 0.414 e. The number of aromatic nitrogens is 10. The van der Waals surface area contributed by atoms with Crippen molar-refractivity contribution in [3.8, 4) is 5.75 Å². The summed E-state index contributed by atoms with van der Waals surface area (Å²) in [5.41, 5.74) is 20.0. The molecule has 16 N–H and O–H groups in total. The number of nitrogens with two attached hydrogens (primary N) is 1. The average Bonchev–Trinajstić information content (AvgIpc) is 1.51. The van der Waals surface area contributed by atoms with E-state index < -0.39 is 71.1 Å². The molecule has 10 heterocycles. The molecule has 9 amide bonds. The Labute approximate surface area is 873 Å². The van der Waals surface area contributed by atoms with Gasteiger partial charge in [0, 0.05) is 152 Å². The van der Waals surface area contributed by atoms with E-state index in [0.29, 0.717) is 121 Å². The minimum atomic E-state index is -4.51. The van der Waals surface area contributed by atoms with Gasteiger partial charge in [-0.25, -0.2) is 35.6 Å². The number of halogens is 8. The SMILES string of the molecule is CC(C)(C1CCN(C(=O)NOCC(F)(F)F)CC1)[C@H](O)c1cc(Cl)cc2cn[nH]c12.CC(C)(C1CCN(C(=O)NOc2ccccc2)CC1)[C@H](O)c1cc(Cl)cc2cn[nH]c12.CC(C)(N)C(=O)N1CCC(C(C)(C)[C@H](O)c2cc(Cl)cc3cn[nH]c23)CC1.CC(C)ONC(=O)N1CCC(C(C)(C)[C@H](O)c2cc(Cl)cc3cn[nH]c23)CC1.CN(C)CCONC(=O)N1CCC(C(C)(C)[C@H](O)c2cc(Cl)cc3cn[nH]c23)CC1. The molecular formula is C103H141Cl5F3N21O14. The zero-order valence-corrected chi connectivity index (χ0v) is 89.4. The lowest BCUT2D eigenvalue weighted by atomic mass is 9.68. The van der Waals surface area contributed by atoms with Crippen LogP contribution in [0.15, 0.2) is 122 Å². The van der Waals surface area contributed by atoms with Crippen LogP contribution < -0.4 is 32.5 Å². The lowest BCUT2D eigenvalue weighted by Crippen LogP contribution is -2.54. The van der Waals surface area contributed by atoms with E-state index in [9.17, 15) is 62.7 Å². The molecule has 16 rings (SSSR count). The van der Waals surface area contributed by atoms with Crippen LogP contribution in [0.2, 0.25) is 25.1 Å². The molecule has 0 radical (unpaired) electrons. The number of carbonyl (C=O) groups is 5. The Morgan fingerprint density at radius 3 is 0.890 bits per heavy atom. The Kier molecular flexibility index (Phi) is 38.5. The number of piperidine rings is 5. The van der Waals surface area contributed by atoms with Crippen LogP contribution >= 0.6 is 58.0 Å². The molecule has 11 aromatic rings. The molecule has 35 nitrogen and oxygen atoms in total. The van der Waals surface area contributed by atoms with E-state index in [-0.39, 0.29) is 70.5 Å². The predicted molar refractivity (Wildman–Crippen MR) is 558 cm³/mol. The number of benzene rings is 6. The maximum Gasteiger partial charge on any atom is 0.414 e. The highest BCUT2D eigenvalue weighted by atomic mass is 35.5. The Balaban J connectivity index is 0.000000162. The van der Waals surface area contributed by atoms with Crippen molar-refractivity contribution in [3.63, 3.8) is 0 Å². The number of hydroxylamine groups is 4. The van der Waals surface area contributed by atoms with Crippen molar-refractivity contribution in [1.82, 2.24) is 102 Å². The number of rotatable bonds is 26. The Morgan fingerprint density at radius 1 is 0.397 bits per heavy atom. The topological polar surface area (TPSA) is 460 Å². The van der Waals surface area contributed by atoms with E-state index in [1.165, 1.54) is 4.90 Å². The van der Waals surface area contributed by atoms with Crippen molar-refractivity contribution in [2.75, 3.05) is 99.3 Å². The molecule has 5 aliphatic heterocycles. The number of nitrogens with zero attached hydrogens (tertiary/aromatic N) is 11. The number of aromatic amines is 5. The first-order valence-corrected chi connectivity index (χ1v) is 51.3. The van der Waals surface area contributed by atoms with Gasteiger partial charge in [0.2, 0.25) is 5.91 Å². The first kappa shape index (κ1) is 115. The van der Waals surface area contributed by atoms with Crippen LogP contribution in [0.1, 0.15) is 219 Å². The van der Waals surface area contributed by atoms with Gasteiger partial charge >= 0.3 is 30.3 Å². The Morgan fingerprint density at radius 2 is 0.644 bits per heavy atom. The number of nitrogens with one attached hydrogen (secondary N) is 9. The van der Waals surface area contributed by atoms with Crippen LogP contribution in [-0.2, 0) is 19.3 Å². The van der Waals surface area contributed by atoms with Gasteiger partial charge in [-0.15, -0.1) is 0 Å². The summed E-state index contributed by atoms with van der Waals surface area (Å²) in [5.74, 6) is 1.66. The van der Waals surface area contributed by atoms with Crippen LogP contribution in [0, 0.1) is 56.7 Å². The zero-order chi connectivity index (χ0) is 106. The molecule has 798 valence electrons. The van der Waals surface area contributed by atoms with E-state index in [0.717, 1.165) is 135 Å². The summed E-state index contributed by atoms with van der Waals surface area (Å²) in [6.45, 7) is 33.0. The van der Waals surface area contributed by atoms with Crippen LogP contribution in [0.25, 0.3) is 54.5 Å². The molecule has 5 atom stereocenters. The van der Waals surface area contributed by atoms with Gasteiger partial charge in [-0.3, -0.25) is 44.8 Å². The van der Waals surface area contributed by atoms with Gasteiger partial charge in [0.25, 0.3) is 0 Å². The van der Waals surface area contributed by atoms with Gasteiger partial charge in [0.15, 0.2) is 12.4 Å². The Hall–Kier alpha value is -10.1. The fourth-order valence-electron chi connectivity index (χ4n) is 20.5. The summed E-state index contributed by atoms with van der Waals surface area (Å²) in [7, 11) is 3.90. The van der Waals surface area contributed by atoms with Crippen molar-refractivity contribution in [1.29, 1.82) is 0 Å². The molecule has 0 saturated carbocycles. The number of hydrogen-bond acceptors (Lipinski definition) is 21. The number of fused-ring (bicyclic) bond motifs is 5. The zero-order valence-electron chi connectivity index (χ0n) is 85.6. The third kappa shape index (κ3) is 28.5. The summed E-state index contributed by atoms with van der Waals surface area (Å²) in [4.78, 5) is 91.9. The van der Waals surface area contributed by atoms with Crippen LogP contribution in [-0.4, -0.2) is 253 Å². The molecule has 0 bridgehead atoms. The second-order valence-corrected chi connectivity index (χ2v) is 45.0. The smallest absolute Gasteiger partial charge is 0.388 e. The van der Waals surface area contributed by atoms with Crippen molar-refractivity contribution in [2.24, 2.45) is 62.4 Å². The summed E-state index contributed by atoms with van der Waals surface area (Å²) >= 11 is 31.2. The number of likely N-dealkylation sites (tertiary alicyclic amines) is 5. The highest BCUT2D eigenvalue weighted by Crippen LogP contribution is 2.53. The highest BCUT2D eigenvalue weighted by molar-refractivity contribution is 6.33. The lowest BCUT2D eigenvalue weighted by Gasteiger charge is -2.44. The molecule has 0 aliphatic carbocycles. The van der Waals surface area contributed by atoms with Gasteiger partial charge in [-0.1, -0.05) is 145 Å². The van der Waals surface area contributed by atoms with Gasteiger partial charge in [0.05, 0.1) is 107 Å². The number of para-hydroxylation sites is 1. The second kappa shape index (κ2) is 49.1. The van der Waals surface area contributed by atoms with E-state index in [1.54, 1.807) is 95.9 Å². The second-order valence-electron chi connectivity index (χ2n) is 42.9. The van der Waals surface area contributed by atoms with Crippen molar-refractivity contribution < 1.29 is 82.0 Å². The number of urea groups is 4. The van der Waals surface area contributed by atoms with Gasteiger partial charge in [-0.05, 0) is 235 Å². The van der Waals surface area contributed by atoms with Crippen LogP contribution in [0.3, 0.4) is 0 Å². The molecule has 5 aromatic heterocycles. The molecule has 0 unspecified atom stereocenters. The predicted octanol–water partition coefficient (Wildman–Crippen LogP) is 19.4. The number of hydrogen-bond donors (Lipinski definition) is 15. The number of carbonyl (C=O) groups excluding carboxylic acids is 5. The van der Waals surface area contributed by atoms with Crippen molar-refractivity contribution >= 4 is 143 Å². The molecular weight excluding hydrogens is 1990 g/mol. The number of alkyl halides is 3. The molecule has 6 aromatic carbocycles. The minimum absolute atomic E-state index is 0.0201. The number of aliphatic hydroxyl groups excluding tert-OH is 5. The first-order valence-electron chi connectivity index (χ1n) is 49.4. The molecule has 5 fully saturated rings. The molecule has 146 heavy (non-hydrogen) atoms. The normalized spacial score (nSPS) is 17.2. The summed E-state index contributed by atoms with van der Waals surface area (Å²) in [5, 5.41) is 98.6. The van der Waals surface area contributed by atoms with Crippen LogP contribution in [0.4, 0.5) is 32.3 Å². The lowest BCUT2D eigenvalue weighted by molar-refractivity contribution is -0.185. The summed E-state index contributed by atoms with van der Waals surface area (Å²) in [6, 6.07) is 25.8. The van der Waals surface area contributed by atoms with E-state index in [2.05, 4.69) is 128 Å². The number of amides is 9. The van der Waals surface area contributed by atoms with E-state index in [1.807, 2.05) is 112 Å². The average molecular weight is 2130 g/mol. The van der Waals surface area contributed by atoms with Crippen molar-refractivity contribution in [2.45, 2.75) is 209 Å². The van der Waals surface area contributed by atoms with Crippen molar-refractivity contribution in [3.05, 3.63) is 175 Å². The maximum atomic E-state index is 12.5. The van der Waals surface area contributed by atoms with E-state index >= 15 is 0 Å². The van der Waals surface area contributed by atoms with Crippen LogP contribution in [0.5, 0.6) is 5.75 Å². The van der Waals surface area contributed by atoms with Gasteiger partial charge in [-0.2, -0.15) is 44.1 Å². The highest BCUT2D eigenvalue weighted by Gasteiger charge is 2.48. The maximum absolute atomic E-state index is 12.5. The summed E-state index contributed by atoms with van der Waals surface area (Å²) in [6.07, 6.45) is 7.89. The monoisotopic (exact) mass is 2130 g/mol. The fourth-order valence-corrected chi connectivity index (χ4v) is 21.7. The number of H-pyrrole nitrogens is 5. The molecule has 43 heteroatoms. The third-order valence-electron chi connectivity index (χ3n) is 30.0. The van der Waals surface area contributed by atoms with Gasteiger partial charge in [0.1, 0.15) is 0 Å². The molecule has 5 aliphatic rings. The standard InChI is InChI=1S/C23H27ClN4O3.C21H32ClN5O3.C20H29ClN4O3.C20H29ClN4O2.C19H24ClF3N4O3/c1-23(2,21(29)19-13-17(24)12-15-14-25-26-20(15)19)16-8-10-28(11-9-16)22(30)27-31-18-6-4-3-5-7-18;1-21(2,19(28)17-12-16(22)11-14-13-23-24-18(14)17)15-5-7-27(8-6-15)20(29)25-30-10-9-26(3)4;1-12(2)28-24-19(27)25-7-5-14(6-8-25)20(3,4)18(26)16-10-15(21)9-13-11-22-23-17(13)16;1-19(2,13-5-7-25(8-6-13)18(27)20(3,4)22)17(26)15-10-14(21)9-12-11-23-24-16(12)15;1-18(2,16(28)14-8-13(20)7-11-9-24-25-15(11)14)12-3-5-27(6-4-12)17(29)26-30-10-19(21,22)23/h3-7,12-14,16,21,29H,8-11H2,1-2H3,(H,25,26)(H,27,30);11-13,15,19,28H,5-10H2,1-4H3,(H,23,24)(H,25,29);9-12,14,18,26H,5-8H2,1-4H3,(H,22,23)(H,24,27);9-11,13,17,26H,5-8,22H2,1-4H3,(H,23,24);7-9,12,16,28H,3-6,10H2,1-2H3,(H,24,25)(H,26,29)/t21-;19-;18-;17-;16-/m11111/s1. The number of aliphatic hydroxyl groups is 5.